The summed E-state index contributed by atoms with van der Waals surface area (Å²) in [6.07, 6.45) is 2.45. The summed E-state index contributed by atoms with van der Waals surface area (Å²) in [5.74, 6) is 0.998. The molecule has 2 rings (SSSR count). The zero-order chi connectivity index (χ0) is 12.3. The monoisotopic (exact) mass is 314 g/mol. The lowest BCUT2D eigenvalue weighted by atomic mass is 10.1. The fourth-order valence-electron chi connectivity index (χ4n) is 1.75. The average molecular weight is 315 g/mol. The quantitative estimate of drug-likeness (QED) is 0.922. The van der Waals surface area contributed by atoms with E-state index in [0.29, 0.717) is 6.04 Å². The molecule has 4 nitrogen and oxygen atoms in total. The van der Waals surface area contributed by atoms with Gasteiger partial charge in [0.1, 0.15) is 12.2 Å². The molecule has 0 aromatic carbocycles. The Balaban J connectivity index is 2.15. The number of rotatable bonds is 5. The number of hydrogen-bond donors (Lipinski definition) is 1. The molecule has 1 atom stereocenters. The lowest BCUT2D eigenvalue weighted by molar-refractivity contribution is 0.523. The van der Waals surface area contributed by atoms with Crippen molar-refractivity contribution in [3.8, 4) is 0 Å². The number of halogens is 1. The molecule has 92 valence electrons. The van der Waals surface area contributed by atoms with E-state index in [9.17, 15) is 0 Å². The minimum Gasteiger partial charge on any atom is -0.310 e. The fourth-order valence-corrected chi connectivity index (χ4v) is 2.98. The Kier molecular flexibility index (Phi) is 4.31. The van der Waals surface area contributed by atoms with Crippen LogP contribution in [0.4, 0.5) is 0 Å². The van der Waals surface area contributed by atoms with Gasteiger partial charge in [-0.1, -0.05) is 6.92 Å². The molecule has 0 aliphatic carbocycles. The Bertz CT molecular complexity index is 479. The highest BCUT2D eigenvalue weighted by atomic mass is 79.9. The molecule has 0 aliphatic rings. The Morgan fingerprint density at radius 3 is 2.94 bits per heavy atom. The predicted octanol–water partition coefficient (Wildman–Crippen LogP) is 2.53. The van der Waals surface area contributed by atoms with Crippen LogP contribution < -0.4 is 5.32 Å². The molecule has 0 fully saturated rings. The molecule has 0 spiro atoms. The topological polar surface area (TPSA) is 42.7 Å². The fraction of sp³-hybridized carbons (Fsp3) is 0.455. The number of aromatic nitrogens is 3. The number of nitrogens with one attached hydrogen (secondary N) is 1. The van der Waals surface area contributed by atoms with Gasteiger partial charge in [0.25, 0.3) is 0 Å². The van der Waals surface area contributed by atoms with Gasteiger partial charge in [-0.2, -0.15) is 5.10 Å². The molecule has 2 aromatic rings. The van der Waals surface area contributed by atoms with Crippen molar-refractivity contribution in [2.45, 2.75) is 19.4 Å². The third kappa shape index (κ3) is 3.14. The summed E-state index contributed by atoms with van der Waals surface area (Å²) in [6.45, 7) is 3.06. The summed E-state index contributed by atoms with van der Waals surface area (Å²) in [4.78, 5) is 4.27. The average Bonchev–Trinajstić information content (AvgIpc) is 2.88. The molecule has 0 saturated heterocycles. The molecule has 6 heteroatoms. The van der Waals surface area contributed by atoms with Crippen LogP contribution in [0.3, 0.4) is 0 Å². The minimum absolute atomic E-state index is 0.297. The summed E-state index contributed by atoms with van der Waals surface area (Å²) in [7, 11) is 1.93. The molecule has 0 bridgehead atoms. The lowest BCUT2D eigenvalue weighted by Gasteiger charge is -2.16. The zero-order valence-corrected chi connectivity index (χ0v) is 12.3. The van der Waals surface area contributed by atoms with E-state index in [-0.39, 0.29) is 0 Å². The second kappa shape index (κ2) is 5.75. The van der Waals surface area contributed by atoms with Crippen LogP contribution in [0.15, 0.2) is 21.6 Å². The maximum Gasteiger partial charge on any atom is 0.138 e. The molecule has 2 heterocycles. The third-order valence-corrected chi connectivity index (χ3v) is 4.16. The normalized spacial score (nSPS) is 12.9. The third-order valence-electron chi connectivity index (χ3n) is 2.63. The minimum atomic E-state index is 0.297. The maximum absolute atomic E-state index is 4.27. The molecule has 1 N–H and O–H groups in total. The Morgan fingerprint density at radius 1 is 1.59 bits per heavy atom. The molecular weight excluding hydrogens is 300 g/mol. The highest BCUT2D eigenvalue weighted by molar-refractivity contribution is 9.11. The van der Waals surface area contributed by atoms with E-state index in [0.717, 1.165) is 22.6 Å². The van der Waals surface area contributed by atoms with Crippen LogP contribution in [-0.2, 0) is 13.5 Å². The van der Waals surface area contributed by atoms with Crippen LogP contribution in [0, 0.1) is 0 Å². The largest absolute Gasteiger partial charge is 0.310 e. The van der Waals surface area contributed by atoms with E-state index in [4.69, 9.17) is 0 Å². The number of likely N-dealkylation sites (N-methyl/N-ethyl adjacent to an activating group) is 1. The SMILES string of the molecule is CCNC(Cc1ncnn1C)c1csc(Br)c1. The van der Waals surface area contributed by atoms with Crippen molar-refractivity contribution < 1.29 is 0 Å². The van der Waals surface area contributed by atoms with Crippen molar-refractivity contribution in [2.24, 2.45) is 7.05 Å². The molecule has 2 aromatic heterocycles. The summed E-state index contributed by atoms with van der Waals surface area (Å²) >= 11 is 5.21. The van der Waals surface area contributed by atoms with E-state index in [1.807, 2.05) is 11.7 Å². The first-order chi connectivity index (χ1) is 8.20. The Hall–Kier alpha value is -0.720. The van der Waals surface area contributed by atoms with Crippen molar-refractivity contribution in [1.82, 2.24) is 20.1 Å². The van der Waals surface area contributed by atoms with Crippen LogP contribution in [0.5, 0.6) is 0 Å². The molecule has 0 aliphatic heterocycles. The first-order valence-electron chi connectivity index (χ1n) is 5.51. The van der Waals surface area contributed by atoms with Crippen molar-refractivity contribution in [3.05, 3.63) is 32.9 Å². The first kappa shape index (κ1) is 12.7. The van der Waals surface area contributed by atoms with Crippen molar-refractivity contribution in [1.29, 1.82) is 0 Å². The van der Waals surface area contributed by atoms with Gasteiger partial charge in [-0.05, 0) is 39.5 Å². The summed E-state index contributed by atoms with van der Waals surface area (Å²) in [5, 5.41) is 9.76. The smallest absolute Gasteiger partial charge is 0.138 e. The zero-order valence-electron chi connectivity index (χ0n) is 9.85. The molecule has 0 saturated carbocycles. The first-order valence-corrected chi connectivity index (χ1v) is 7.18. The van der Waals surface area contributed by atoms with Gasteiger partial charge in [0.05, 0.1) is 3.79 Å². The standard InChI is InChI=1S/C11H15BrN4S/c1-3-13-9(8-4-10(12)17-6-8)5-11-14-7-15-16(11)2/h4,6-7,9,13H,3,5H2,1-2H3. The van der Waals surface area contributed by atoms with Gasteiger partial charge >= 0.3 is 0 Å². The van der Waals surface area contributed by atoms with E-state index in [2.05, 4.69) is 49.7 Å². The van der Waals surface area contributed by atoms with Crippen LogP contribution in [0.2, 0.25) is 0 Å². The number of aryl methyl sites for hydroxylation is 1. The maximum atomic E-state index is 4.27. The predicted molar refractivity (Wildman–Crippen MR) is 73.1 cm³/mol. The van der Waals surface area contributed by atoms with Crippen LogP contribution in [0.25, 0.3) is 0 Å². The van der Waals surface area contributed by atoms with Gasteiger partial charge in [-0.3, -0.25) is 4.68 Å². The van der Waals surface area contributed by atoms with Gasteiger partial charge in [0.15, 0.2) is 0 Å². The van der Waals surface area contributed by atoms with Crippen molar-refractivity contribution in [3.63, 3.8) is 0 Å². The molecule has 0 amide bonds. The number of thiophene rings is 1. The lowest BCUT2D eigenvalue weighted by Crippen LogP contribution is -2.23. The van der Waals surface area contributed by atoms with Gasteiger partial charge in [0.2, 0.25) is 0 Å². The summed E-state index contributed by atoms with van der Waals surface area (Å²) in [6, 6.07) is 2.46. The van der Waals surface area contributed by atoms with Crippen LogP contribution in [-0.4, -0.2) is 21.3 Å². The highest BCUT2D eigenvalue weighted by Gasteiger charge is 2.15. The highest BCUT2D eigenvalue weighted by Crippen LogP contribution is 2.26. The molecule has 0 radical (unpaired) electrons. The molecule has 17 heavy (non-hydrogen) atoms. The summed E-state index contributed by atoms with van der Waals surface area (Å²) in [5.41, 5.74) is 1.30. The summed E-state index contributed by atoms with van der Waals surface area (Å²) < 4.78 is 2.99. The van der Waals surface area contributed by atoms with Gasteiger partial charge in [-0.25, -0.2) is 4.98 Å². The number of hydrogen-bond acceptors (Lipinski definition) is 4. The van der Waals surface area contributed by atoms with Crippen molar-refractivity contribution in [2.75, 3.05) is 6.54 Å². The Labute approximate surface area is 113 Å². The molecule has 1 unspecified atom stereocenters. The van der Waals surface area contributed by atoms with Crippen LogP contribution >= 0.6 is 27.3 Å². The van der Waals surface area contributed by atoms with Crippen LogP contribution in [0.1, 0.15) is 24.4 Å². The van der Waals surface area contributed by atoms with Crippen molar-refractivity contribution >= 4 is 27.3 Å². The second-order valence-corrected chi connectivity index (χ2v) is 6.09. The second-order valence-electron chi connectivity index (χ2n) is 3.80. The van der Waals surface area contributed by atoms with E-state index in [1.54, 1.807) is 17.7 Å². The number of nitrogens with zero attached hydrogens (tertiary/aromatic N) is 3. The van der Waals surface area contributed by atoms with E-state index < -0.39 is 0 Å². The van der Waals surface area contributed by atoms with Gasteiger partial charge in [-0.15, -0.1) is 11.3 Å². The molecular formula is C11H15BrN4S. The van der Waals surface area contributed by atoms with E-state index in [1.165, 1.54) is 5.56 Å². The Morgan fingerprint density at radius 2 is 2.41 bits per heavy atom. The van der Waals surface area contributed by atoms with Gasteiger partial charge < -0.3 is 5.32 Å². The van der Waals surface area contributed by atoms with E-state index >= 15 is 0 Å². The van der Waals surface area contributed by atoms with Gasteiger partial charge in [0, 0.05) is 19.5 Å².